The topological polar surface area (TPSA) is 32.3 Å². The van der Waals surface area contributed by atoms with Gasteiger partial charge in [-0.2, -0.15) is 11.8 Å². The van der Waals surface area contributed by atoms with E-state index >= 15 is 0 Å². The summed E-state index contributed by atoms with van der Waals surface area (Å²) < 4.78 is 0. The summed E-state index contributed by atoms with van der Waals surface area (Å²) in [5.74, 6) is 2.97. The molecule has 0 saturated heterocycles. The van der Waals surface area contributed by atoms with Gasteiger partial charge in [0.25, 0.3) is 0 Å². The highest BCUT2D eigenvalue weighted by molar-refractivity contribution is 7.99. The highest BCUT2D eigenvalue weighted by atomic mass is 32.2. The second-order valence-electron chi connectivity index (χ2n) is 3.51. The van der Waals surface area contributed by atoms with Crippen LogP contribution in [-0.2, 0) is 0 Å². The Labute approximate surface area is 86.5 Å². The lowest BCUT2D eigenvalue weighted by Crippen LogP contribution is -2.36. The number of aliphatic hydroxyl groups excluding tert-OH is 1. The molecule has 3 heteroatoms. The van der Waals surface area contributed by atoms with Crippen molar-refractivity contribution < 1.29 is 5.11 Å². The smallest absolute Gasteiger partial charge is 0.0445 e. The minimum atomic E-state index is 0.288. The summed E-state index contributed by atoms with van der Waals surface area (Å²) in [6, 6.07) is 0.474. The van der Waals surface area contributed by atoms with E-state index in [1.807, 2.05) is 11.8 Å². The van der Waals surface area contributed by atoms with Gasteiger partial charge in [0.05, 0.1) is 0 Å². The molecule has 13 heavy (non-hydrogen) atoms. The Bertz CT molecular complexity index is 109. The first kappa shape index (κ1) is 13.3. The molecule has 0 aliphatic rings. The summed E-state index contributed by atoms with van der Waals surface area (Å²) in [7, 11) is 0. The molecule has 0 aliphatic heterocycles. The van der Waals surface area contributed by atoms with Crippen molar-refractivity contribution in [1.82, 2.24) is 5.32 Å². The zero-order valence-corrected chi connectivity index (χ0v) is 9.86. The molecule has 0 fully saturated rings. The number of hydrogen-bond donors (Lipinski definition) is 2. The van der Waals surface area contributed by atoms with Crippen molar-refractivity contribution >= 4 is 11.8 Å². The molecule has 0 amide bonds. The van der Waals surface area contributed by atoms with Crippen molar-refractivity contribution in [3.63, 3.8) is 0 Å². The van der Waals surface area contributed by atoms with E-state index in [1.165, 1.54) is 11.5 Å². The van der Waals surface area contributed by atoms with Gasteiger partial charge in [-0.15, -0.1) is 0 Å². The number of thioether (sulfide) groups is 1. The van der Waals surface area contributed by atoms with Crippen molar-refractivity contribution in [3.8, 4) is 0 Å². The Hall–Kier alpha value is 0.270. The third-order valence-electron chi connectivity index (χ3n) is 2.10. The second kappa shape index (κ2) is 8.85. The number of nitrogens with one attached hydrogen (secondary N) is 1. The van der Waals surface area contributed by atoms with Crippen molar-refractivity contribution in [3.05, 3.63) is 0 Å². The van der Waals surface area contributed by atoms with Gasteiger partial charge >= 0.3 is 0 Å². The van der Waals surface area contributed by atoms with Crippen molar-refractivity contribution in [1.29, 1.82) is 0 Å². The Morgan fingerprint density at radius 2 is 2.08 bits per heavy atom. The lowest BCUT2D eigenvalue weighted by atomic mass is 10.0. The maximum atomic E-state index is 8.84. The predicted molar refractivity (Wildman–Crippen MR) is 61.3 cm³/mol. The fourth-order valence-electron chi connectivity index (χ4n) is 1.27. The van der Waals surface area contributed by atoms with E-state index in [1.54, 1.807) is 0 Å². The van der Waals surface area contributed by atoms with Crippen LogP contribution in [0.15, 0.2) is 0 Å². The lowest BCUT2D eigenvalue weighted by Gasteiger charge is -2.21. The first-order valence-electron chi connectivity index (χ1n) is 5.14. The van der Waals surface area contributed by atoms with Gasteiger partial charge in [-0.1, -0.05) is 20.8 Å². The van der Waals surface area contributed by atoms with Crippen LogP contribution in [0.2, 0.25) is 0 Å². The molecule has 1 atom stereocenters. The van der Waals surface area contributed by atoms with E-state index < -0.39 is 0 Å². The highest BCUT2D eigenvalue weighted by Gasteiger charge is 2.10. The molecule has 0 saturated carbocycles. The van der Waals surface area contributed by atoms with Crippen LogP contribution in [0.25, 0.3) is 0 Å². The lowest BCUT2D eigenvalue weighted by molar-refractivity contribution is 0.246. The quantitative estimate of drug-likeness (QED) is 0.592. The first-order valence-corrected chi connectivity index (χ1v) is 6.29. The van der Waals surface area contributed by atoms with Crippen molar-refractivity contribution in [2.75, 3.05) is 24.7 Å². The molecular formula is C10H23NOS. The van der Waals surface area contributed by atoms with Gasteiger partial charge in [0.2, 0.25) is 0 Å². The Kier molecular flexibility index (Phi) is 9.03. The second-order valence-corrected chi connectivity index (χ2v) is 4.91. The van der Waals surface area contributed by atoms with Crippen LogP contribution in [0, 0.1) is 5.92 Å². The van der Waals surface area contributed by atoms with E-state index in [0.717, 1.165) is 13.0 Å². The van der Waals surface area contributed by atoms with E-state index in [-0.39, 0.29) is 6.61 Å². The molecule has 0 heterocycles. The zero-order chi connectivity index (χ0) is 10.1. The molecule has 2 N–H and O–H groups in total. The standard InChI is InChI=1S/C10H23NOS/c1-4-13-8-6-11-10(5-7-12)9(2)3/h9-12H,4-8H2,1-3H3. The Morgan fingerprint density at radius 1 is 1.38 bits per heavy atom. The maximum absolute atomic E-state index is 8.84. The molecule has 0 aliphatic carbocycles. The van der Waals surface area contributed by atoms with Gasteiger partial charge in [-0.25, -0.2) is 0 Å². The molecule has 2 nitrogen and oxygen atoms in total. The fraction of sp³-hybridized carbons (Fsp3) is 1.00. The molecule has 0 spiro atoms. The summed E-state index contributed by atoms with van der Waals surface area (Å²) >= 11 is 1.95. The monoisotopic (exact) mass is 205 g/mol. The van der Waals surface area contributed by atoms with E-state index in [2.05, 4.69) is 26.1 Å². The molecule has 0 aromatic heterocycles. The average molecular weight is 205 g/mol. The van der Waals surface area contributed by atoms with Crippen molar-refractivity contribution in [2.24, 2.45) is 5.92 Å². The number of hydrogen-bond acceptors (Lipinski definition) is 3. The minimum absolute atomic E-state index is 0.288. The fourth-order valence-corrected chi connectivity index (χ4v) is 1.82. The van der Waals surface area contributed by atoms with Crippen LogP contribution in [0.5, 0.6) is 0 Å². The summed E-state index contributed by atoms with van der Waals surface area (Å²) in [5.41, 5.74) is 0. The normalized spacial score (nSPS) is 13.6. The summed E-state index contributed by atoms with van der Waals surface area (Å²) in [4.78, 5) is 0. The van der Waals surface area contributed by atoms with Crippen LogP contribution < -0.4 is 5.32 Å². The summed E-state index contributed by atoms with van der Waals surface area (Å²) in [5, 5.41) is 12.3. The van der Waals surface area contributed by atoms with Gasteiger partial charge in [0, 0.05) is 24.9 Å². The molecule has 0 aromatic carbocycles. The van der Waals surface area contributed by atoms with Gasteiger partial charge in [0.1, 0.15) is 0 Å². The van der Waals surface area contributed by atoms with E-state index in [9.17, 15) is 0 Å². The van der Waals surface area contributed by atoms with E-state index in [0.29, 0.717) is 12.0 Å². The third kappa shape index (κ3) is 7.35. The maximum Gasteiger partial charge on any atom is 0.0445 e. The van der Waals surface area contributed by atoms with Gasteiger partial charge < -0.3 is 10.4 Å². The molecule has 0 aromatic rings. The largest absolute Gasteiger partial charge is 0.396 e. The molecule has 0 radical (unpaired) electrons. The molecule has 0 bridgehead atoms. The van der Waals surface area contributed by atoms with Crippen LogP contribution in [0.3, 0.4) is 0 Å². The number of aliphatic hydroxyl groups is 1. The van der Waals surface area contributed by atoms with Crippen LogP contribution >= 0.6 is 11.8 Å². The summed E-state index contributed by atoms with van der Waals surface area (Å²) in [6.07, 6.45) is 0.870. The molecular weight excluding hydrogens is 182 g/mol. The van der Waals surface area contributed by atoms with Crippen molar-refractivity contribution in [2.45, 2.75) is 33.2 Å². The van der Waals surface area contributed by atoms with E-state index in [4.69, 9.17) is 5.11 Å². The highest BCUT2D eigenvalue weighted by Crippen LogP contribution is 2.05. The van der Waals surface area contributed by atoms with Gasteiger partial charge in [-0.3, -0.25) is 0 Å². The van der Waals surface area contributed by atoms with Crippen LogP contribution in [0.4, 0.5) is 0 Å². The van der Waals surface area contributed by atoms with Crippen LogP contribution in [-0.4, -0.2) is 35.8 Å². The molecule has 1 unspecified atom stereocenters. The molecule has 80 valence electrons. The molecule has 0 rings (SSSR count). The third-order valence-corrected chi connectivity index (χ3v) is 3.00. The first-order chi connectivity index (χ1) is 6.22. The predicted octanol–water partition coefficient (Wildman–Crippen LogP) is 1.74. The Morgan fingerprint density at radius 3 is 2.54 bits per heavy atom. The minimum Gasteiger partial charge on any atom is -0.396 e. The van der Waals surface area contributed by atoms with Crippen LogP contribution in [0.1, 0.15) is 27.2 Å². The zero-order valence-electron chi connectivity index (χ0n) is 9.05. The number of rotatable bonds is 8. The SMILES string of the molecule is CCSCCNC(CCO)C(C)C. The summed E-state index contributed by atoms with van der Waals surface area (Å²) in [6.45, 7) is 7.91. The average Bonchev–Trinajstić information content (AvgIpc) is 2.10. The Balaban J connectivity index is 3.45. The van der Waals surface area contributed by atoms with Gasteiger partial charge in [0.15, 0.2) is 0 Å². The van der Waals surface area contributed by atoms with Gasteiger partial charge in [-0.05, 0) is 18.1 Å².